The molecule has 6 rings (SSSR count). The number of urea groups is 1. The highest BCUT2D eigenvalue weighted by Gasteiger charge is 2.43. The van der Waals surface area contributed by atoms with Gasteiger partial charge in [0.2, 0.25) is 0 Å². The minimum absolute atomic E-state index is 0.00919. The summed E-state index contributed by atoms with van der Waals surface area (Å²) in [5.41, 5.74) is 0.797. The Kier molecular flexibility index (Phi) is 4.69. The number of carbonyl (C=O) groups is 1. The van der Waals surface area contributed by atoms with E-state index in [4.69, 9.17) is 0 Å². The van der Waals surface area contributed by atoms with Gasteiger partial charge in [0, 0.05) is 41.1 Å². The standard InChI is InChI=1S/C24H25N3OS/c1-24(16-19-9-13-27(24)14-10-19)25-23(28)26-12-11-22-20(17-26)15-21(29-22)8-7-18-5-3-2-4-6-18/h2-6,11,15,17,19H,9-10,12-14,16H2,1H3,(H,25,28)/t24-/m0/s1. The summed E-state index contributed by atoms with van der Waals surface area (Å²) in [6.07, 6.45) is 7.68. The number of amides is 2. The highest BCUT2D eigenvalue weighted by Crippen LogP contribution is 2.37. The third-order valence-corrected chi connectivity index (χ3v) is 7.36. The Balaban J connectivity index is 1.33. The first-order chi connectivity index (χ1) is 14.1. The molecule has 5 heteroatoms. The number of rotatable bonds is 1. The molecule has 2 amide bonds. The summed E-state index contributed by atoms with van der Waals surface area (Å²) in [6.45, 7) is 4.96. The van der Waals surface area contributed by atoms with Gasteiger partial charge in [-0.1, -0.05) is 30.0 Å². The van der Waals surface area contributed by atoms with Crippen molar-refractivity contribution in [3.8, 4) is 11.8 Å². The Morgan fingerprint density at radius 2 is 2.00 bits per heavy atom. The average Bonchev–Trinajstić information content (AvgIpc) is 3.15. The molecule has 0 unspecified atom stereocenters. The molecular formula is C24H25N3OS. The second kappa shape index (κ2) is 7.37. The summed E-state index contributed by atoms with van der Waals surface area (Å²) < 4.78 is 1.19. The molecule has 5 heterocycles. The summed E-state index contributed by atoms with van der Waals surface area (Å²) in [5, 5.41) is 4.39. The molecule has 1 aromatic heterocycles. The van der Waals surface area contributed by atoms with Gasteiger partial charge in [-0.3, -0.25) is 9.80 Å². The van der Waals surface area contributed by atoms with E-state index < -0.39 is 0 Å². The summed E-state index contributed by atoms with van der Waals surface area (Å²) in [7, 11) is 0. The third-order valence-electron chi connectivity index (χ3n) is 6.30. The van der Waals surface area contributed by atoms with Crippen molar-refractivity contribution < 1.29 is 4.79 Å². The summed E-state index contributed by atoms with van der Waals surface area (Å²) in [5.74, 6) is 7.21. The van der Waals surface area contributed by atoms with Gasteiger partial charge in [0.15, 0.2) is 0 Å². The van der Waals surface area contributed by atoms with Gasteiger partial charge in [0.1, 0.15) is 0 Å². The van der Waals surface area contributed by atoms with Crippen LogP contribution in [0.1, 0.15) is 36.6 Å². The fourth-order valence-corrected chi connectivity index (χ4v) is 5.61. The maximum atomic E-state index is 13.0. The lowest BCUT2D eigenvalue weighted by molar-refractivity contribution is -0.0328. The van der Waals surface area contributed by atoms with E-state index in [1.807, 2.05) is 36.5 Å². The zero-order valence-corrected chi connectivity index (χ0v) is 17.5. The van der Waals surface area contributed by atoms with E-state index in [0.717, 1.165) is 41.1 Å². The number of piperidine rings is 3. The molecule has 3 fully saturated rings. The van der Waals surface area contributed by atoms with E-state index in [0.29, 0.717) is 6.54 Å². The second-order valence-electron chi connectivity index (χ2n) is 8.37. The van der Waals surface area contributed by atoms with Crippen molar-refractivity contribution in [2.24, 2.45) is 5.92 Å². The van der Waals surface area contributed by atoms with E-state index >= 15 is 0 Å². The van der Waals surface area contributed by atoms with Crippen molar-refractivity contribution in [3.05, 3.63) is 56.6 Å². The Labute approximate surface area is 175 Å². The summed E-state index contributed by atoms with van der Waals surface area (Å²) in [6, 6.07) is 12.1. The van der Waals surface area contributed by atoms with Crippen LogP contribution in [0, 0.1) is 17.8 Å². The number of carbonyl (C=O) groups excluding carboxylic acids is 1. The van der Waals surface area contributed by atoms with Crippen molar-refractivity contribution in [1.29, 1.82) is 0 Å². The van der Waals surface area contributed by atoms with Gasteiger partial charge in [-0.2, -0.15) is 0 Å². The lowest BCUT2D eigenvalue weighted by atomic mass is 9.80. The van der Waals surface area contributed by atoms with Gasteiger partial charge < -0.3 is 5.32 Å². The van der Waals surface area contributed by atoms with Gasteiger partial charge in [0.25, 0.3) is 0 Å². The SMILES string of the molecule is C[C@@]1(NC(=O)N2C=c3cc(C#Cc4ccccc4)sc3=CC2)CC2CCN1CC2. The molecule has 1 atom stereocenters. The van der Waals surface area contributed by atoms with Gasteiger partial charge in [0.05, 0.1) is 10.5 Å². The van der Waals surface area contributed by atoms with Crippen LogP contribution in [0.15, 0.2) is 36.4 Å². The van der Waals surface area contributed by atoms with E-state index in [1.54, 1.807) is 16.2 Å². The number of hydrogen-bond acceptors (Lipinski definition) is 3. The maximum Gasteiger partial charge on any atom is 0.323 e. The second-order valence-corrected chi connectivity index (χ2v) is 9.45. The molecule has 1 aromatic carbocycles. The molecule has 4 aliphatic rings. The Morgan fingerprint density at radius 1 is 1.21 bits per heavy atom. The van der Waals surface area contributed by atoms with E-state index in [1.165, 1.54) is 17.4 Å². The Bertz CT molecular complexity index is 1100. The fourth-order valence-electron chi connectivity index (χ4n) is 4.69. The number of benzene rings is 1. The molecule has 0 saturated carbocycles. The molecule has 148 valence electrons. The number of thiophene rings is 1. The van der Waals surface area contributed by atoms with Crippen molar-refractivity contribution in [2.45, 2.75) is 31.8 Å². The maximum absolute atomic E-state index is 13.0. The summed E-state index contributed by atoms with van der Waals surface area (Å²) in [4.78, 5) is 18.2. The predicted octanol–water partition coefficient (Wildman–Crippen LogP) is 2.52. The molecule has 0 aliphatic carbocycles. The number of fused-ring (bicyclic) bond motifs is 4. The minimum atomic E-state index is -0.215. The zero-order valence-electron chi connectivity index (χ0n) is 16.6. The Hall–Kier alpha value is -2.55. The normalized spacial score (nSPS) is 27.1. The largest absolute Gasteiger partial charge is 0.323 e. The van der Waals surface area contributed by atoms with E-state index in [9.17, 15) is 4.79 Å². The van der Waals surface area contributed by atoms with Crippen LogP contribution in [0.3, 0.4) is 0 Å². The lowest BCUT2D eigenvalue weighted by Gasteiger charge is -2.53. The smallest absolute Gasteiger partial charge is 0.320 e. The van der Waals surface area contributed by atoms with Crippen LogP contribution >= 0.6 is 11.3 Å². The first kappa shape index (κ1) is 18.5. The topological polar surface area (TPSA) is 35.6 Å². The molecule has 29 heavy (non-hydrogen) atoms. The predicted molar refractivity (Wildman–Crippen MR) is 117 cm³/mol. The number of hydrogen-bond donors (Lipinski definition) is 1. The van der Waals surface area contributed by atoms with Gasteiger partial charge >= 0.3 is 6.03 Å². The lowest BCUT2D eigenvalue weighted by Crippen LogP contribution is -2.66. The number of nitrogens with one attached hydrogen (secondary N) is 1. The van der Waals surface area contributed by atoms with Crippen LogP contribution in [0.5, 0.6) is 0 Å². The van der Waals surface area contributed by atoms with Crippen molar-refractivity contribution in [3.63, 3.8) is 0 Å². The molecule has 0 spiro atoms. The zero-order chi connectivity index (χ0) is 19.8. The molecule has 4 aliphatic heterocycles. The van der Waals surface area contributed by atoms with Gasteiger partial charge in [-0.05, 0) is 56.4 Å². The van der Waals surface area contributed by atoms with Crippen molar-refractivity contribution >= 4 is 29.6 Å². The van der Waals surface area contributed by atoms with Gasteiger partial charge in [-0.25, -0.2) is 4.79 Å². The fraction of sp³-hybridized carbons (Fsp3) is 0.375. The van der Waals surface area contributed by atoms with E-state index in [2.05, 4.69) is 41.1 Å². The monoisotopic (exact) mass is 403 g/mol. The van der Waals surface area contributed by atoms with Crippen LogP contribution in [0.4, 0.5) is 4.79 Å². The van der Waals surface area contributed by atoms with Crippen LogP contribution in [0.25, 0.3) is 12.3 Å². The highest BCUT2D eigenvalue weighted by molar-refractivity contribution is 7.10. The van der Waals surface area contributed by atoms with Crippen molar-refractivity contribution in [2.75, 3.05) is 19.6 Å². The van der Waals surface area contributed by atoms with Crippen LogP contribution < -0.4 is 15.1 Å². The average molecular weight is 404 g/mol. The van der Waals surface area contributed by atoms with Crippen LogP contribution in [0.2, 0.25) is 0 Å². The number of nitrogens with zero attached hydrogens (tertiary/aromatic N) is 2. The molecular weight excluding hydrogens is 378 g/mol. The third kappa shape index (κ3) is 3.71. The summed E-state index contributed by atoms with van der Waals surface area (Å²) >= 11 is 1.69. The molecule has 2 bridgehead atoms. The molecule has 1 N–H and O–H groups in total. The quantitative estimate of drug-likeness (QED) is 0.743. The Morgan fingerprint density at radius 3 is 2.72 bits per heavy atom. The first-order valence-corrected chi connectivity index (χ1v) is 11.1. The van der Waals surface area contributed by atoms with Crippen LogP contribution in [-0.2, 0) is 0 Å². The van der Waals surface area contributed by atoms with E-state index in [-0.39, 0.29) is 11.7 Å². The molecule has 2 aromatic rings. The molecule has 4 nitrogen and oxygen atoms in total. The molecule has 0 radical (unpaired) electrons. The van der Waals surface area contributed by atoms with Gasteiger partial charge in [-0.15, -0.1) is 11.3 Å². The van der Waals surface area contributed by atoms with Crippen LogP contribution in [-0.4, -0.2) is 41.1 Å². The minimum Gasteiger partial charge on any atom is -0.320 e. The van der Waals surface area contributed by atoms with Crippen molar-refractivity contribution in [1.82, 2.24) is 15.1 Å². The molecule has 3 saturated heterocycles. The first-order valence-electron chi connectivity index (χ1n) is 10.3. The highest BCUT2D eigenvalue weighted by atomic mass is 32.1.